The fourth-order valence-electron chi connectivity index (χ4n) is 1.81. The van der Waals surface area contributed by atoms with Crippen LogP contribution in [0.4, 0.5) is 13.2 Å². The van der Waals surface area contributed by atoms with Crippen molar-refractivity contribution in [1.29, 1.82) is 0 Å². The lowest BCUT2D eigenvalue weighted by molar-refractivity contribution is -0.202. The molecule has 0 aliphatic carbocycles. The Morgan fingerprint density at radius 2 is 1.75 bits per heavy atom. The summed E-state index contributed by atoms with van der Waals surface area (Å²) in [6, 6.07) is -1.42. The van der Waals surface area contributed by atoms with Crippen molar-refractivity contribution >= 4 is 17.8 Å². The molecule has 0 aliphatic heterocycles. The number of nitrogens with two attached hydrogens (primary N) is 2. The Balaban J connectivity index is 4.63. The number of amides is 1. The van der Waals surface area contributed by atoms with Gasteiger partial charge in [-0.1, -0.05) is 0 Å². The minimum atomic E-state index is -5.28. The van der Waals surface area contributed by atoms with Crippen molar-refractivity contribution in [2.75, 3.05) is 6.54 Å². The van der Waals surface area contributed by atoms with E-state index in [0.717, 1.165) is 0 Å². The number of hydrogen-bond acceptors (Lipinski definition) is 6. The zero-order valence-electron chi connectivity index (χ0n) is 13.5. The number of unbranched alkanes of at least 4 members (excludes halogenated alkanes) is 1. The summed E-state index contributed by atoms with van der Waals surface area (Å²) in [4.78, 5) is 34.2. The molecule has 24 heavy (non-hydrogen) atoms. The van der Waals surface area contributed by atoms with Gasteiger partial charge in [-0.05, 0) is 45.6 Å². The molecule has 0 aromatic heterocycles. The Hall–Kier alpha value is -1.68. The number of nitrogens with one attached hydrogen (secondary N) is 1. The van der Waals surface area contributed by atoms with Crippen molar-refractivity contribution < 1.29 is 32.3 Å². The van der Waals surface area contributed by atoms with Gasteiger partial charge in [0, 0.05) is 12.5 Å². The van der Waals surface area contributed by atoms with Crippen LogP contribution >= 0.6 is 0 Å². The van der Waals surface area contributed by atoms with E-state index in [1.807, 2.05) is 0 Å². The normalized spacial score (nSPS) is 13.9. The molecule has 0 saturated carbocycles. The van der Waals surface area contributed by atoms with Crippen molar-refractivity contribution in [3.8, 4) is 0 Å². The SMILES string of the molecule is CC(N)CCCC(=O)N[C@@H](CCCCN)C(=O)OC(=O)C(F)(F)F. The first-order valence-electron chi connectivity index (χ1n) is 7.65. The monoisotopic (exact) mass is 355 g/mol. The van der Waals surface area contributed by atoms with E-state index in [0.29, 0.717) is 32.2 Å². The lowest BCUT2D eigenvalue weighted by atomic mass is 10.1. The van der Waals surface area contributed by atoms with E-state index in [9.17, 15) is 27.6 Å². The molecular weight excluding hydrogens is 331 g/mol. The second-order valence-electron chi connectivity index (χ2n) is 5.48. The van der Waals surface area contributed by atoms with Crippen LogP contribution in [0.2, 0.25) is 0 Å². The fourth-order valence-corrected chi connectivity index (χ4v) is 1.81. The third-order valence-corrected chi connectivity index (χ3v) is 3.05. The maximum atomic E-state index is 12.1. The number of alkyl halides is 3. The fraction of sp³-hybridized carbons (Fsp3) is 0.786. The van der Waals surface area contributed by atoms with Crippen LogP contribution in [0.25, 0.3) is 0 Å². The van der Waals surface area contributed by atoms with Crippen molar-refractivity contribution in [2.45, 2.75) is 63.7 Å². The molecule has 0 rings (SSSR count). The smallest absolute Gasteiger partial charge is 0.385 e. The Kier molecular flexibility index (Phi) is 10.2. The zero-order chi connectivity index (χ0) is 18.8. The molecule has 10 heteroatoms. The number of ether oxygens (including phenoxy) is 1. The van der Waals surface area contributed by atoms with Gasteiger partial charge in [0.05, 0.1) is 0 Å². The highest BCUT2D eigenvalue weighted by Crippen LogP contribution is 2.17. The summed E-state index contributed by atoms with van der Waals surface area (Å²) in [5.41, 5.74) is 10.8. The largest absolute Gasteiger partial charge is 0.491 e. The molecule has 0 fully saturated rings. The Bertz CT molecular complexity index is 428. The van der Waals surface area contributed by atoms with E-state index in [1.54, 1.807) is 6.92 Å². The van der Waals surface area contributed by atoms with Crippen LogP contribution in [-0.4, -0.2) is 42.7 Å². The van der Waals surface area contributed by atoms with Gasteiger partial charge in [0.25, 0.3) is 0 Å². The average molecular weight is 355 g/mol. The van der Waals surface area contributed by atoms with Gasteiger partial charge in [-0.25, -0.2) is 9.59 Å². The average Bonchev–Trinajstić information content (AvgIpc) is 2.44. The molecule has 0 aliphatic rings. The molecule has 0 heterocycles. The van der Waals surface area contributed by atoms with E-state index < -0.39 is 30.1 Å². The molecule has 2 atom stereocenters. The van der Waals surface area contributed by atoms with Gasteiger partial charge >= 0.3 is 18.1 Å². The van der Waals surface area contributed by atoms with Crippen LogP contribution in [0.5, 0.6) is 0 Å². The highest BCUT2D eigenvalue weighted by Gasteiger charge is 2.43. The van der Waals surface area contributed by atoms with Gasteiger partial charge in [0.15, 0.2) is 0 Å². The second-order valence-corrected chi connectivity index (χ2v) is 5.48. The van der Waals surface area contributed by atoms with Gasteiger partial charge in [-0.2, -0.15) is 13.2 Å². The molecule has 140 valence electrons. The topological polar surface area (TPSA) is 125 Å². The first-order chi connectivity index (χ1) is 11.1. The molecule has 1 unspecified atom stereocenters. The predicted molar refractivity (Wildman–Crippen MR) is 79.5 cm³/mol. The van der Waals surface area contributed by atoms with E-state index in [-0.39, 0.29) is 18.9 Å². The third kappa shape index (κ3) is 10.2. The van der Waals surface area contributed by atoms with Crippen LogP contribution in [0.15, 0.2) is 0 Å². The summed E-state index contributed by atoms with van der Waals surface area (Å²) in [6.45, 7) is 2.10. The standard InChI is InChI=1S/C14H24F3N3O4/c1-9(19)5-4-7-11(21)20-10(6-2-3-8-18)12(22)24-13(23)14(15,16)17/h9-10H,2-8,18-19H2,1H3,(H,20,21)/t9?,10-/m0/s1. The highest BCUT2D eigenvalue weighted by molar-refractivity contribution is 5.92. The summed E-state index contributed by atoms with van der Waals surface area (Å²) in [7, 11) is 0. The summed E-state index contributed by atoms with van der Waals surface area (Å²) >= 11 is 0. The number of halogens is 3. The van der Waals surface area contributed by atoms with E-state index in [2.05, 4.69) is 10.1 Å². The van der Waals surface area contributed by atoms with Gasteiger partial charge in [-0.15, -0.1) is 0 Å². The van der Waals surface area contributed by atoms with Crippen LogP contribution in [0.3, 0.4) is 0 Å². The molecule has 0 bridgehead atoms. The van der Waals surface area contributed by atoms with Crippen molar-refractivity contribution in [2.24, 2.45) is 11.5 Å². The molecule has 0 spiro atoms. The Morgan fingerprint density at radius 1 is 1.12 bits per heavy atom. The predicted octanol–water partition coefficient (Wildman–Crippen LogP) is 0.750. The van der Waals surface area contributed by atoms with Gasteiger partial charge < -0.3 is 21.5 Å². The lowest BCUT2D eigenvalue weighted by Crippen LogP contribution is -2.44. The number of hydrogen-bond donors (Lipinski definition) is 3. The minimum absolute atomic E-state index is 0.0280. The molecule has 0 aromatic rings. The van der Waals surface area contributed by atoms with Crippen LogP contribution in [0, 0.1) is 0 Å². The first kappa shape index (κ1) is 22.3. The molecular formula is C14H24F3N3O4. The van der Waals surface area contributed by atoms with Crippen molar-refractivity contribution in [3.63, 3.8) is 0 Å². The van der Waals surface area contributed by atoms with Gasteiger partial charge in [0.1, 0.15) is 6.04 Å². The number of esters is 2. The number of carbonyl (C=O) groups excluding carboxylic acids is 3. The molecule has 1 amide bonds. The van der Waals surface area contributed by atoms with Gasteiger partial charge in [-0.3, -0.25) is 4.79 Å². The molecule has 5 N–H and O–H groups in total. The highest BCUT2D eigenvalue weighted by atomic mass is 19.4. The van der Waals surface area contributed by atoms with Crippen LogP contribution in [-0.2, 0) is 19.1 Å². The Morgan fingerprint density at radius 3 is 2.25 bits per heavy atom. The number of carbonyl (C=O) groups is 3. The maximum absolute atomic E-state index is 12.1. The summed E-state index contributed by atoms with van der Waals surface area (Å²) in [6.07, 6.45) is -3.24. The van der Waals surface area contributed by atoms with E-state index >= 15 is 0 Å². The molecule has 0 saturated heterocycles. The van der Waals surface area contributed by atoms with Crippen molar-refractivity contribution in [3.05, 3.63) is 0 Å². The van der Waals surface area contributed by atoms with E-state index in [4.69, 9.17) is 11.5 Å². The molecule has 7 nitrogen and oxygen atoms in total. The van der Waals surface area contributed by atoms with Crippen LogP contribution < -0.4 is 16.8 Å². The summed E-state index contributed by atoms with van der Waals surface area (Å²) in [5, 5.41) is 2.29. The molecule has 0 aromatic carbocycles. The first-order valence-corrected chi connectivity index (χ1v) is 7.65. The maximum Gasteiger partial charge on any atom is 0.491 e. The van der Waals surface area contributed by atoms with Crippen LogP contribution in [0.1, 0.15) is 45.4 Å². The minimum Gasteiger partial charge on any atom is -0.385 e. The van der Waals surface area contributed by atoms with Crippen molar-refractivity contribution in [1.82, 2.24) is 5.32 Å². The third-order valence-electron chi connectivity index (χ3n) is 3.05. The molecule has 0 radical (unpaired) electrons. The summed E-state index contributed by atoms with van der Waals surface area (Å²) < 4.78 is 40.2. The quantitative estimate of drug-likeness (QED) is 0.302. The second kappa shape index (κ2) is 11.0. The van der Waals surface area contributed by atoms with E-state index in [1.165, 1.54) is 0 Å². The summed E-state index contributed by atoms with van der Waals surface area (Å²) in [5.74, 6) is -4.57. The number of rotatable bonds is 10. The lowest BCUT2D eigenvalue weighted by Gasteiger charge is -2.17. The zero-order valence-corrected chi connectivity index (χ0v) is 13.5. The Labute approximate surface area is 138 Å². The van der Waals surface area contributed by atoms with Gasteiger partial charge in [0.2, 0.25) is 5.91 Å².